The van der Waals surface area contributed by atoms with Gasteiger partial charge < -0.3 is 16.2 Å². The molecule has 0 aliphatic carbocycles. The second kappa shape index (κ2) is 9.13. The largest absolute Gasteiger partial charge is 0.494 e. The van der Waals surface area contributed by atoms with Crippen molar-refractivity contribution in [1.29, 1.82) is 0 Å². The number of pyridine rings is 1. The zero-order chi connectivity index (χ0) is 21.6. The van der Waals surface area contributed by atoms with Crippen molar-refractivity contribution in [3.05, 3.63) is 60.2 Å². The number of carbonyl (C=O) groups excluding carboxylic acids is 1. The zero-order valence-corrected chi connectivity index (χ0v) is 16.6. The minimum atomic E-state index is -3.67. The third-order valence-electron chi connectivity index (χ3n) is 3.55. The Kier molecular flexibility index (Phi) is 6.86. The molecule has 3 rings (SSSR count). The minimum Gasteiger partial charge on any atom is -0.494 e. The first kappa shape index (κ1) is 21.8. The Morgan fingerprint density at radius 1 is 1.10 bits per heavy atom. The summed E-state index contributed by atoms with van der Waals surface area (Å²) in [5.41, 5.74) is 13.2. The summed E-state index contributed by atoms with van der Waals surface area (Å²) in [6.45, 7) is 0. The Labute approximate surface area is 167 Å². The fourth-order valence-corrected chi connectivity index (χ4v) is 2.50. The van der Waals surface area contributed by atoms with Gasteiger partial charge in [-0.1, -0.05) is 42.5 Å². The fraction of sp³-hybridized carbons (Fsp3) is 0.105. The molecule has 0 fully saturated rings. The van der Waals surface area contributed by atoms with E-state index in [-0.39, 0.29) is 5.96 Å². The molecule has 9 nitrogen and oxygen atoms in total. The maximum Gasteiger partial charge on any atom is 0.280 e. The number of methoxy groups -OCH3 is 1. The highest BCUT2D eigenvalue weighted by atomic mass is 32.2. The third kappa shape index (κ3) is 6.26. The van der Waals surface area contributed by atoms with Crippen molar-refractivity contribution < 1.29 is 22.5 Å². The van der Waals surface area contributed by atoms with Gasteiger partial charge in [0, 0.05) is 10.9 Å². The van der Waals surface area contributed by atoms with Crippen LogP contribution in [0.4, 0.5) is 0 Å². The predicted octanol–water partition coefficient (Wildman–Crippen LogP) is 1.83. The van der Waals surface area contributed by atoms with Crippen LogP contribution in [-0.2, 0) is 10.1 Å². The van der Waals surface area contributed by atoms with Gasteiger partial charge in [-0.25, -0.2) is 4.98 Å². The van der Waals surface area contributed by atoms with E-state index in [2.05, 4.69) is 9.98 Å². The number of nitrogens with two attached hydrogens (primary N) is 2. The van der Waals surface area contributed by atoms with Crippen LogP contribution >= 0.6 is 0 Å². The highest BCUT2D eigenvalue weighted by molar-refractivity contribution is 7.85. The number of benzene rings is 2. The van der Waals surface area contributed by atoms with Gasteiger partial charge in [0.15, 0.2) is 5.96 Å². The molecule has 10 heteroatoms. The number of aromatic nitrogens is 1. The molecule has 0 unspecified atom stereocenters. The van der Waals surface area contributed by atoms with Crippen LogP contribution in [0, 0.1) is 0 Å². The van der Waals surface area contributed by atoms with Gasteiger partial charge in [-0.2, -0.15) is 13.4 Å². The number of carbonyl (C=O) groups is 1. The molecule has 1 heterocycles. The molecule has 0 saturated carbocycles. The van der Waals surface area contributed by atoms with E-state index in [9.17, 15) is 13.2 Å². The van der Waals surface area contributed by atoms with Crippen LogP contribution in [0.25, 0.3) is 22.2 Å². The Balaban J connectivity index is 0.000000537. The van der Waals surface area contributed by atoms with Gasteiger partial charge in [0.25, 0.3) is 16.0 Å². The van der Waals surface area contributed by atoms with Crippen LogP contribution < -0.4 is 16.2 Å². The number of hydrogen-bond donors (Lipinski definition) is 3. The van der Waals surface area contributed by atoms with Crippen molar-refractivity contribution in [3.8, 4) is 17.0 Å². The number of amides is 1. The molecule has 0 spiro atoms. The SMILES string of the molecule is COc1cccc2c(C(=O)N=C(N)N)cc(-c3ccccc3)nc12.CS(=O)(=O)O. The maximum absolute atomic E-state index is 12.4. The monoisotopic (exact) mass is 416 g/mol. The van der Waals surface area contributed by atoms with Gasteiger partial charge in [-0.15, -0.1) is 0 Å². The van der Waals surface area contributed by atoms with Gasteiger partial charge in [0.05, 0.1) is 24.6 Å². The molecule has 152 valence electrons. The number of para-hydroxylation sites is 1. The summed E-state index contributed by atoms with van der Waals surface area (Å²) in [6.07, 6.45) is 0.715. The van der Waals surface area contributed by atoms with Crippen LogP contribution in [-0.4, -0.2) is 43.2 Å². The van der Waals surface area contributed by atoms with Gasteiger partial charge in [-0.3, -0.25) is 9.35 Å². The topological polar surface area (TPSA) is 158 Å². The van der Waals surface area contributed by atoms with Crippen molar-refractivity contribution in [2.24, 2.45) is 16.5 Å². The van der Waals surface area contributed by atoms with Gasteiger partial charge >= 0.3 is 0 Å². The van der Waals surface area contributed by atoms with Gasteiger partial charge in [0.2, 0.25) is 0 Å². The number of nitrogens with zero attached hydrogens (tertiary/aromatic N) is 2. The second-order valence-electron chi connectivity index (χ2n) is 5.85. The Bertz CT molecular complexity index is 1150. The van der Waals surface area contributed by atoms with Crippen molar-refractivity contribution in [2.45, 2.75) is 0 Å². The molecular weight excluding hydrogens is 396 g/mol. The molecule has 0 radical (unpaired) electrons. The van der Waals surface area contributed by atoms with E-state index in [4.69, 9.17) is 20.8 Å². The van der Waals surface area contributed by atoms with Crippen molar-refractivity contribution in [3.63, 3.8) is 0 Å². The lowest BCUT2D eigenvalue weighted by atomic mass is 10.0. The Hall–Kier alpha value is -3.50. The van der Waals surface area contributed by atoms with E-state index in [0.29, 0.717) is 34.2 Å². The van der Waals surface area contributed by atoms with Crippen molar-refractivity contribution in [1.82, 2.24) is 4.98 Å². The maximum atomic E-state index is 12.4. The molecule has 5 N–H and O–H groups in total. The van der Waals surface area contributed by atoms with Crippen molar-refractivity contribution >= 4 is 32.9 Å². The van der Waals surface area contributed by atoms with E-state index in [1.165, 1.54) is 0 Å². The predicted molar refractivity (Wildman–Crippen MR) is 111 cm³/mol. The van der Waals surface area contributed by atoms with E-state index in [0.717, 1.165) is 5.56 Å². The average molecular weight is 416 g/mol. The summed E-state index contributed by atoms with van der Waals surface area (Å²) in [5, 5.41) is 0.629. The van der Waals surface area contributed by atoms with Crippen LogP contribution in [0.5, 0.6) is 5.75 Å². The molecular formula is C19H20N4O5S. The molecule has 0 bridgehead atoms. The Morgan fingerprint density at radius 3 is 2.28 bits per heavy atom. The van der Waals surface area contributed by atoms with Crippen LogP contribution in [0.1, 0.15) is 10.4 Å². The number of rotatable bonds is 3. The number of fused-ring (bicyclic) bond motifs is 1. The molecule has 0 aliphatic rings. The standard InChI is InChI=1S/C18H16N4O2.CH4O3S/c1-24-15-9-5-8-12-13(17(23)22-18(19)20)10-14(21-16(12)15)11-6-3-2-4-7-11;1-5(2,3)4/h2-10H,1H3,(H4,19,20,22,23);1H3,(H,2,3,4). The van der Waals surface area contributed by atoms with E-state index >= 15 is 0 Å². The summed E-state index contributed by atoms with van der Waals surface area (Å²) in [7, 11) is -2.11. The minimum absolute atomic E-state index is 0.283. The first-order valence-corrected chi connectivity index (χ1v) is 10.0. The zero-order valence-electron chi connectivity index (χ0n) is 15.7. The number of hydrogen-bond acceptors (Lipinski definition) is 5. The van der Waals surface area contributed by atoms with Crippen LogP contribution in [0.3, 0.4) is 0 Å². The van der Waals surface area contributed by atoms with E-state index < -0.39 is 16.0 Å². The van der Waals surface area contributed by atoms with Gasteiger partial charge in [-0.05, 0) is 12.1 Å². The average Bonchev–Trinajstić information content (AvgIpc) is 2.65. The number of aliphatic imine (C=N–C) groups is 1. The first-order valence-electron chi connectivity index (χ1n) is 8.19. The highest BCUT2D eigenvalue weighted by Gasteiger charge is 2.16. The van der Waals surface area contributed by atoms with Crippen LogP contribution in [0.15, 0.2) is 59.6 Å². The fourth-order valence-electron chi connectivity index (χ4n) is 2.50. The summed E-state index contributed by atoms with van der Waals surface area (Å²) >= 11 is 0. The molecule has 3 aromatic rings. The summed E-state index contributed by atoms with van der Waals surface area (Å²) in [6, 6.07) is 16.6. The summed E-state index contributed by atoms with van der Waals surface area (Å²) in [4.78, 5) is 20.7. The number of guanidine groups is 1. The van der Waals surface area contributed by atoms with Crippen molar-refractivity contribution in [2.75, 3.05) is 13.4 Å². The lowest BCUT2D eigenvalue weighted by Crippen LogP contribution is -2.24. The van der Waals surface area contributed by atoms with E-state index in [1.807, 2.05) is 30.3 Å². The quantitative estimate of drug-likeness (QED) is 0.331. The molecule has 0 aliphatic heterocycles. The summed E-state index contributed by atoms with van der Waals surface area (Å²) in [5.74, 6) is -0.231. The molecule has 0 saturated heterocycles. The first-order chi connectivity index (χ1) is 13.6. The molecule has 1 amide bonds. The molecule has 2 aromatic carbocycles. The smallest absolute Gasteiger partial charge is 0.280 e. The summed E-state index contributed by atoms with van der Waals surface area (Å²) < 4.78 is 31.2. The molecule has 1 aromatic heterocycles. The number of ether oxygens (including phenoxy) is 1. The normalized spacial score (nSPS) is 10.6. The van der Waals surface area contributed by atoms with E-state index in [1.54, 1.807) is 31.4 Å². The Morgan fingerprint density at radius 2 is 1.72 bits per heavy atom. The highest BCUT2D eigenvalue weighted by Crippen LogP contribution is 2.30. The molecule has 0 atom stereocenters. The lowest BCUT2D eigenvalue weighted by Gasteiger charge is -2.10. The lowest BCUT2D eigenvalue weighted by molar-refractivity contribution is 0.100. The second-order valence-corrected chi connectivity index (χ2v) is 7.32. The third-order valence-corrected chi connectivity index (χ3v) is 3.55. The van der Waals surface area contributed by atoms with Crippen LogP contribution in [0.2, 0.25) is 0 Å². The van der Waals surface area contributed by atoms with Gasteiger partial charge in [0.1, 0.15) is 11.3 Å². The molecule has 29 heavy (non-hydrogen) atoms.